The van der Waals surface area contributed by atoms with Gasteiger partial charge in [0.25, 0.3) is 0 Å². The van der Waals surface area contributed by atoms with E-state index in [0.29, 0.717) is 5.69 Å². The van der Waals surface area contributed by atoms with Crippen molar-refractivity contribution in [1.82, 2.24) is 15.1 Å². The molecule has 3 heterocycles. The van der Waals surface area contributed by atoms with Gasteiger partial charge in [0.2, 0.25) is 0 Å². The molecule has 187 valence electrons. The van der Waals surface area contributed by atoms with Crippen LogP contribution in [0.25, 0.3) is 27.6 Å². The summed E-state index contributed by atoms with van der Waals surface area (Å²) in [5.74, 6) is 6.45. The van der Waals surface area contributed by atoms with E-state index in [1.54, 1.807) is 24.9 Å². The van der Waals surface area contributed by atoms with Crippen LogP contribution in [0.5, 0.6) is 0 Å². The van der Waals surface area contributed by atoms with E-state index in [4.69, 9.17) is 20.9 Å². The molecule has 0 atom stereocenters. The van der Waals surface area contributed by atoms with Crippen LogP contribution in [0.4, 0.5) is 0 Å². The number of aliphatic hydroxyl groups is 2. The molecule has 1 aliphatic heterocycles. The second-order valence-electron chi connectivity index (χ2n) is 6.44. The predicted octanol–water partition coefficient (Wildman–Crippen LogP) is 5.11. The van der Waals surface area contributed by atoms with Gasteiger partial charge >= 0.3 is 0 Å². The van der Waals surface area contributed by atoms with Gasteiger partial charge in [-0.2, -0.15) is 12.6 Å². The minimum atomic E-state index is -0.0698. The summed E-state index contributed by atoms with van der Waals surface area (Å²) in [6.45, 7) is 8.20. The molecule has 1 radical (unpaired) electrons. The molecular weight excluding hydrogens is 537 g/mol. The van der Waals surface area contributed by atoms with Crippen molar-refractivity contribution < 1.29 is 47.8 Å². The number of thiol groups is 1. The van der Waals surface area contributed by atoms with E-state index in [2.05, 4.69) is 28.7 Å². The van der Waals surface area contributed by atoms with Crippen molar-refractivity contribution in [1.29, 1.82) is 0 Å². The van der Waals surface area contributed by atoms with Crippen molar-refractivity contribution in [2.24, 2.45) is 5.84 Å². The molecule has 4 N–H and O–H groups in total. The molecule has 0 aliphatic carbocycles. The number of nitrogens with two attached hydrogens (primary N) is 1. The Morgan fingerprint density at radius 3 is 2.26 bits per heavy atom. The van der Waals surface area contributed by atoms with Crippen molar-refractivity contribution in [2.45, 2.75) is 40.7 Å². The van der Waals surface area contributed by atoms with Crippen molar-refractivity contribution >= 4 is 29.1 Å². The first-order valence-electron chi connectivity index (χ1n) is 11.4. The Bertz CT molecular complexity index is 1040. The zero-order chi connectivity index (χ0) is 25.3. The first-order valence-corrected chi connectivity index (χ1v) is 12.1. The quantitative estimate of drug-likeness (QED) is 0.248. The van der Waals surface area contributed by atoms with Crippen LogP contribution in [0.2, 0.25) is 0 Å². The predicted molar refractivity (Wildman–Crippen MR) is 143 cm³/mol. The van der Waals surface area contributed by atoms with Gasteiger partial charge in [0, 0.05) is 68.2 Å². The van der Waals surface area contributed by atoms with Gasteiger partial charge < -0.3 is 15.1 Å². The zero-order valence-electron chi connectivity index (χ0n) is 20.9. The number of allylic oxidation sites excluding steroid dienone is 2. The molecule has 0 fully saturated rings. The molecule has 0 saturated heterocycles. The Kier molecular flexibility index (Phi) is 18.4. The minimum absolute atomic E-state index is 0. The fraction of sp³-hybridized carbons (Fsp3) is 0.308. The Hall–Kier alpha value is -1.81. The number of pyridine rings is 2. The van der Waals surface area contributed by atoms with Gasteiger partial charge in [-0.05, 0) is 53.6 Å². The number of hydroxylamine groups is 1. The van der Waals surface area contributed by atoms with Crippen molar-refractivity contribution in [3.05, 3.63) is 78.6 Å². The van der Waals surface area contributed by atoms with Crippen LogP contribution in [0, 0.1) is 0 Å². The third-order valence-corrected chi connectivity index (χ3v) is 4.70. The van der Waals surface area contributed by atoms with Crippen molar-refractivity contribution in [2.75, 3.05) is 12.4 Å². The van der Waals surface area contributed by atoms with Gasteiger partial charge in [0.1, 0.15) is 6.26 Å². The first kappa shape index (κ1) is 33.2. The maximum Gasteiger partial charge on any atom is 0.122 e. The average Bonchev–Trinajstić information content (AvgIpc) is 2.91. The summed E-state index contributed by atoms with van der Waals surface area (Å²) in [4.78, 5) is 13.8. The average molecular weight is 574 g/mol. The zero-order valence-corrected chi connectivity index (χ0v) is 24.7. The monoisotopic (exact) mass is 573 g/mol. The summed E-state index contributed by atoms with van der Waals surface area (Å²) in [6, 6.07) is 11.8. The number of aromatic nitrogens is 2. The van der Waals surface area contributed by atoms with Gasteiger partial charge in [-0.15, -0.1) is 5.17 Å². The Morgan fingerprint density at radius 2 is 1.71 bits per heavy atom. The summed E-state index contributed by atoms with van der Waals surface area (Å²) in [7, 11) is 0. The molecule has 3 aromatic rings. The number of hydrogen-bond donors (Lipinski definition) is 4. The fourth-order valence-corrected chi connectivity index (χ4v) is 3.02. The number of benzene rings is 1. The van der Waals surface area contributed by atoms with Crippen molar-refractivity contribution in [3.8, 4) is 11.1 Å². The molecule has 1 aliphatic rings. The number of hydrogen-bond acceptors (Lipinski definition) is 8. The molecule has 0 spiro atoms. The largest absolute Gasteiger partial charge is 0.396 e. The second-order valence-corrected chi connectivity index (χ2v) is 6.89. The van der Waals surface area contributed by atoms with Gasteiger partial charge in [0.15, 0.2) is 0 Å². The standard InChI is InChI=1S/C19H16N4O2.C3H8OS.2C2H6.Y/c20-23-11-15(6-8-25-23)13-2-4-19-18(9-13)17(5-7-21-19)14-1-3-16(12-24)22-10-14;4-2-1-3-5;2*1-2;/h1-11,24H,12,20H2;4-5H,1-3H2;2*1-2H3;. The minimum Gasteiger partial charge on any atom is -0.396 e. The third kappa shape index (κ3) is 10.4. The maximum absolute atomic E-state index is 9.16. The molecule has 4 rings (SSSR count). The van der Waals surface area contributed by atoms with Crippen LogP contribution in [0.1, 0.15) is 45.4 Å². The maximum atomic E-state index is 9.16. The molecular formula is C26H36N4O3SY. The Labute approximate surface area is 239 Å². The third-order valence-electron chi connectivity index (χ3n) is 4.39. The molecule has 2 aromatic heterocycles. The Morgan fingerprint density at radius 1 is 1.00 bits per heavy atom. The second kappa shape index (κ2) is 19.4. The van der Waals surface area contributed by atoms with E-state index in [9.17, 15) is 0 Å². The fourth-order valence-electron chi connectivity index (χ4n) is 2.88. The number of aliphatic hydroxyl groups excluding tert-OH is 2. The van der Waals surface area contributed by atoms with Gasteiger partial charge in [-0.3, -0.25) is 9.97 Å². The summed E-state index contributed by atoms with van der Waals surface area (Å²) in [5, 5.41) is 19.4. The van der Waals surface area contributed by atoms with Gasteiger partial charge in [-0.1, -0.05) is 39.8 Å². The molecule has 35 heavy (non-hydrogen) atoms. The van der Waals surface area contributed by atoms with Crippen LogP contribution >= 0.6 is 12.6 Å². The molecule has 0 saturated carbocycles. The van der Waals surface area contributed by atoms with Crippen molar-refractivity contribution in [3.63, 3.8) is 0 Å². The molecule has 1 aromatic carbocycles. The molecule has 0 amide bonds. The molecule has 9 heteroatoms. The van der Waals surface area contributed by atoms with Crippen LogP contribution in [0.3, 0.4) is 0 Å². The smallest absolute Gasteiger partial charge is 0.122 e. The van der Waals surface area contributed by atoms with Crippen LogP contribution in [-0.2, 0) is 44.2 Å². The number of nitrogens with zero attached hydrogens (tertiary/aromatic N) is 3. The number of fused-ring (bicyclic) bond motifs is 1. The Balaban J connectivity index is 0.00000102. The van der Waals surface area contributed by atoms with E-state index in [1.807, 2.05) is 64.1 Å². The van der Waals surface area contributed by atoms with E-state index in [0.717, 1.165) is 45.3 Å². The first-order chi connectivity index (χ1) is 16.7. The SMILES string of the molecule is CC.CC.NN1C=C(c2ccc3nccc(-c4ccc(CO)nc4)c3c2)C=CO1.OCCCS.[Y]. The van der Waals surface area contributed by atoms with E-state index < -0.39 is 0 Å². The molecule has 7 nitrogen and oxygen atoms in total. The topological polar surface area (TPSA) is 105 Å². The summed E-state index contributed by atoms with van der Waals surface area (Å²) in [6.07, 6.45) is 9.48. The van der Waals surface area contributed by atoms with Crippen LogP contribution in [-0.4, -0.2) is 37.7 Å². The van der Waals surface area contributed by atoms with Crippen LogP contribution in [0.15, 0.2) is 67.3 Å². The molecule has 0 unspecified atom stereocenters. The van der Waals surface area contributed by atoms with E-state index in [1.165, 1.54) is 5.17 Å². The molecule has 0 bridgehead atoms. The number of rotatable bonds is 5. The van der Waals surface area contributed by atoms with Gasteiger partial charge in [-0.25, -0.2) is 5.84 Å². The van der Waals surface area contributed by atoms with Crippen LogP contribution < -0.4 is 5.84 Å². The van der Waals surface area contributed by atoms with E-state index >= 15 is 0 Å². The normalized spacial score (nSPS) is 11.3. The summed E-state index contributed by atoms with van der Waals surface area (Å²) < 4.78 is 0. The van der Waals surface area contributed by atoms with E-state index in [-0.39, 0.29) is 45.9 Å². The summed E-state index contributed by atoms with van der Waals surface area (Å²) >= 11 is 3.84. The summed E-state index contributed by atoms with van der Waals surface area (Å²) in [5.41, 5.74) is 5.50. The van der Waals surface area contributed by atoms with Gasteiger partial charge in [0.05, 0.1) is 24.0 Å². The number of hydrazine groups is 1.